The molecule has 0 amide bonds. The van der Waals surface area contributed by atoms with E-state index in [1.165, 1.54) is 0 Å². The van der Waals surface area contributed by atoms with Crippen molar-refractivity contribution in [2.75, 3.05) is 20.1 Å². The molecule has 1 heterocycles. The summed E-state index contributed by atoms with van der Waals surface area (Å²) in [7, 11) is 3.42. The number of halogens is 1. The summed E-state index contributed by atoms with van der Waals surface area (Å²) in [4.78, 5) is 2.06. The third-order valence-electron chi connectivity index (χ3n) is 1.70. The zero-order valence-electron chi connectivity index (χ0n) is 6.25. The predicted octanol–water partition coefficient (Wildman–Crippen LogP) is -0.236. The van der Waals surface area contributed by atoms with E-state index in [0.29, 0.717) is 0 Å². The summed E-state index contributed by atoms with van der Waals surface area (Å²) in [6.45, 7) is 1.66. The number of nitrogens with zero attached hydrogens (tertiary/aromatic N) is 1. The normalized spacial score (nSPS) is 27.6. The first-order valence-electron chi connectivity index (χ1n) is 3.38. The van der Waals surface area contributed by atoms with Gasteiger partial charge in [0.2, 0.25) is 0 Å². The maximum atomic E-state index is 10.5. The highest BCUT2D eigenvalue weighted by Crippen LogP contribution is 2.08. The molecule has 4 nitrogen and oxygen atoms in total. The van der Waals surface area contributed by atoms with E-state index in [1.807, 2.05) is 7.05 Å². The van der Waals surface area contributed by atoms with E-state index in [-0.39, 0.29) is 6.04 Å². The highest BCUT2D eigenvalue weighted by atomic mass is 35.7. The first-order valence-corrected chi connectivity index (χ1v) is 5.69. The summed E-state index contributed by atoms with van der Waals surface area (Å²) in [6.07, 6.45) is 0.836. The quantitative estimate of drug-likeness (QED) is 0.624. The Morgan fingerprint density at radius 3 is 2.64 bits per heavy atom. The number of rotatable bonds is 2. The summed E-state index contributed by atoms with van der Waals surface area (Å²) in [6, 6.07) is -0.0116. The van der Waals surface area contributed by atoms with Gasteiger partial charge in [0.1, 0.15) is 0 Å². The minimum Gasteiger partial charge on any atom is -0.305 e. The molecule has 1 aliphatic heterocycles. The molecule has 0 aromatic carbocycles. The van der Waals surface area contributed by atoms with Crippen molar-refractivity contribution in [3.8, 4) is 0 Å². The molecule has 0 radical (unpaired) electrons. The fourth-order valence-corrected chi connectivity index (χ4v) is 2.20. The van der Waals surface area contributed by atoms with Crippen molar-refractivity contribution in [3.63, 3.8) is 0 Å². The average molecular weight is 199 g/mol. The Bertz CT molecular complexity index is 229. The van der Waals surface area contributed by atoms with Crippen molar-refractivity contribution in [1.29, 1.82) is 0 Å². The zero-order chi connectivity index (χ0) is 8.48. The van der Waals surface area contributed by atoms with Crippen molar-refractivity contribution in [3.05, 3.63) is 0 Å². The van der Waals surface area contributed by atoms with Gasteiger partial charge in [-0.2, -0.15) is 13.1 Å². The van der Waals surface area contributed by atoms with Crippen LogP contribution < -0.4 is 4.72 Å². The summed E-state index contributed by atoms with van der Waals surface area (Å²) < 4.78 is 23.4. The molecule has 6 heteroatoms. The van der Waals surface area contributed by atoms with Crippen LogP contribution in [0.4, 0.5) is 0 Å². The number of likely N-dealkylation sites (tertiary alicyclic amines) is 1. The van der Waals surface area contributed by atoms with Crippen LogP contribution in [-0.2, 0) is 9.24 Å². The molecular weight excluding hydrogens is 188 g/mol. The van der Waals surface area contributed by atoms with Gasteiger partial charge < -0.3 is 4.90 Å². The Balaban J connectivity index is 2.41. The molecule has 1 unspecified atom stereocenters. The Morgan fingerprint density at radius 1 is 1.64 bits per heavy atom. The molecule has 1 N–H and O–H groups in total. The van der Waals surface area contributed by atoms with Gasteiger partial charge in [-0.3, -0.25) is 0 Å². The van der Waals surface area contributed by atoms with Crippen LogP contribution in [0.15, 0.2) is 0 Å². The first-order chi connectivity index (χ1) is 4.97. The van der Waals surface area contributed by atoms with Crippen LogP contribution in [0.2, 0.25) is 0 Å². The standard InChI is InChI=1S/C5H11ClN2O2S/c1-8-3-2-5(4-8)7-11(6,9)10/h5,7H,2-4H2,1H3. The van der Waals surface area contributed by atoms with E-state index in [1.54, 1.807) is 0 Å². The van der Waals surface area contributed by atoms with Crippen LogP contribution >= 0.6 is 10.7 Å². The van der Waals surface area contributed by atoms with Gasteiger partial charge in [-0.05, 0) is 20.0 Å². The first kappa shape index (κ1) is 9.25. The van der Waals surface area contributed by atoms with E-state index in [0.717, 1.165) is 19.5 Å². The SMILES string of the molecule is CN1CCC(NS(=O)(=O)Cl)C1. The number of hydrogen-bond donors (Lipinski definition) is 1. The van der Waals surface area contributed by atoms with Crippen LogP contribution in [0.5, 0.6) is 0 Å². The van der Waals surface area contributed by atoms with Gasteiger partial charge in [0, 0.05) is 23.3 Å². The molecule has 0 bridgehead atoms. The van der Waals surface area contributed by atoms with Crippen molar-refractivity contribution in [2.24, 2.45) is 0 Å². The summed E-state index contributed by atoms with van der Waals surface area (Å²) in [5, 5.41) is 0. The molecule has 0 saturated carbocycles. The second-order valence-electron chi connectivity index (χ2n) is 2.80. The summed E-state index contributed by atoms with van der Waals surface area (Å²) in [5.74, 6) is 0. The van der Waals surface area contributed by atoms with Crippen LogP contribution in [0, 0.1) is 0 Å². The number of hydrogen-bond acceptors (Lipinski definition) is 3. The molecule has 1 atom stereocenters. The lowest BCUT2D eigenvalue weighted by atomic mass is 10.3. The Kier molecular flexibility index (Phi) is 2.74. The highest BCUT2D eigenvalue weighted by Gasteiger charge is 2.22. The van der Waals surface area contributed by atoms with Crippen molar-refractivity contribution >= 4 is 19.9 Å². The third-order valence-corrected chi connectivity index (χ3v) is 2.58. The monoisotopic (exact) mass is 198 g/mol. The smallest absolute Gasteiger partial charge is 0.297 e. The van der Waals surface area contributed by atoms with E-state index in [2.05, 4.69) is 9.62 Å². The molecule has 66 valence electrons. The second-order valence-corrected chi connectivity index (χ2v) is 5.13. The van der Waals surface area contributed by atoms with Gasteiger partial charge in [0.15, 0.2) is 0 Å². The lowest BCUT2D eigenvalue weighted by molar-refractivity contribution is 0.407. The van der Waals surface area contributed by atoms with Gasteiger partial charge in [-0.25, -0.2) is 0 Å². The van der Waals surface area contributed by atoms with E-state index >= 15 is 0 Å². The fourth-order valence-electron chi connectivity index (χ4n) is 1.23. The lowest BCUT2D eigenvalue weighted by Crippen LogP contribution is -2.33. The zero-order valence-corrected chi connectivity index (χ0v) is 7.82. The fraction of sp³-hybridized carbons (Fsp3) is 1.00. The van der Waals surface area contributed by atoms with Gasteiger partial charge in [-0.15, -0.1) is 0 Å². The average Bonchev–Trinajstić information content (AvgIpc) is 2.10. The maximum absolute atomic E-state index is 10.5. The summed E-state index contributed by atoms with van der Waals surface area (Å²) >= 11 is 0. The molecule has 1 fully saturated rings. The molecule has 0 aromatic heterocycles. The van der Waals surface area contributed by atoms with Crippen molar-refractivity contribution < 1.29 is 8.42 Å². The molecule has 11 heavy (non-hydrogen) atoms. The van der Waals surface area contributed by atoms with Crippen molar-refractivity contribution in [1.82, 2.24) is 9.62 Å². The van der Waals surface area contributed by atoms with Crippen molar-refractivity contribution in [2.45, 2.75) is 12.5 Å². The topological polar surface area (TPSA) is 49.4 Å². The van der Waals surface area contributed by atoms with Gasteiger partial charge >= 0.3 is 0 Å². The minimum atomic E-state index is -3.54. The molecule has 0 aliphatic carbocycles. The molecule has 1 rings (SSSR count). The number of nitrogens with one attached hydrogen (secondary N) is 1. The van der Waals surface area contributed by atoms with Crippen LogP contribution in [0.1, 0.15) is 6.42 Å². The highest BCUT2D eigenvalue weighted by molar-refractivity contribution is 8.12. The van der Waals surface area contributed by atoms with E-state index in [9.17, 15) is 8.42 Å². The van der Waals surface area contributed by atoms with Crippen LogP contribution in [0.25, 0.3) is 0 Å². The Hall–Kier alpha value is 0.160. The molecule has 1 aliphatic rings. The molecular formula is C5H11ClN2O2S. The van der Waals surface area contributed by atoms with Gasteiger partial charge in [0.25, 0.3) is 9.24 Å². The largest absolute Gasteiger partial charge is 0.305 e. The summed E-state index contributed by atoms with van der Waals surface area (Å²) in [5.41, 5.74) is 0. The lowest BCUT2D eigenvalue weighted by Gasteiger charge is -2.08. The van der Waals surface area contributed by atoms with E-state index < -0.39 is 9.24 Å². The second kappa shape index (κ2) is 3.26. The molecule has 1 saturated heterocycles. The minimum absolute atomic E-state index is 0.0116. The maximum Gasteiger partial charge on any atom is 0.297 e. The van der Waals surface area contributed by atoms with E-state index in [4.69, 9.17) is 10.7 Å². The molecule has 0 aromatic rings. The van der Waals surface area contributed by atoms with Gasteiger partial charge in [-0.1, -0.05) is 0 Å². The van der Waals surface area contributed by atoms with Crippen LogP contribution in [-0.4, -0.2) is 39.5 Å². The number of likely N-dealkylation sites (N-methyl/N-ethyl adjacent to an activating group) is 1. The van der Waals surface area contributed by atoms with Crippen LogP contribution in [0.3, 0.4) is 0 Å². The third kappa shape index (κ3) is 3.37. The Labute approximate surface area is 71.1 Å². The molecule has 0 spiro atoms. The van der Waals surface area contributed by atoms with Gasteiger partial charge in [0.05, 0.1) is 0 Å². The Morgan fingerprint density at radius 2 is 2.27 bits per heavy atom. The predicted molar refractivity (Wildman–Crippen MR) is 43.8 cm³/mol.